The molecule has 0 aromatic heterocycles. The van der Waals surface area contributed by atoms with Crippen molar-refractivity contribution in [2.75, 3.05) is 18.4 Å². The van der Waals surface area contributed by atoms with Gasteiger partial charge in [-0.3, -0.25) is 4.79 Å². The first-order valence-electron chi connectivity index (χ1n) is 5.86. The van der Waals surface area contributed by atoms with Crippen LogP contribution in [0.5, 0.6) is 0 Å². The smallest absolute Gasteiger partial charge is 0.254 e. The lowest BCUT2D eigenvalue weighted by Crippen LogP contribution is -2.49. The zero-order valence-corrected chi connectivity index (χ0v) is 12.4. The van der Waals surface area contributed by atoms with Crippen LogP contribution in [0.3, 0.4) is 0 Å². The Morgan fingerprint density at radius 1 is 1.44 bits per heavy atom. The Kier molecular flexibility index (Phi) is 4.65. The Balaban J connectivity index is 2.10. The summed E-state index contributed by atoms with van der Waals surface area (Å²) in [5, 5.41) is 1.38. The standard InChI is InChI=1S/C13H15BrClNO2/c1-9-7-16(8-12(6-14)18-9)13(17)10-2-4-11(15)5-3-10/h2-5,9,12H,6-8H2,1H3. The van der Waals surface area contributed by atoms with Gasteiger partial charge in [-0.15, -0.1) is 0 Å². The van der Waals surface area contributed by atoms with Gasteiger partial charge in [0.1, 0.15) is 0 Å². The maximum absolute atomic E-state index is 12.3. The van der Waals surface area contributed by atoms with Gasteiger partial charge >= 0.3 is 0 Å². The van der Waals surface area contributed by atoms with Crippen LogP contribution in [0.15, 0.2) is 24.3 Å². The van der Waals surface area contributed by atoms with Gasteiger partial charge in [0.25, 0.3) is 5.91 Å². The van der Waals surface area contributed by atoms with E-state index in [2.05, 4.69) is 15.9 Å². The third-order valence-corrected chi connectivity index (χ3v) is 3.85. The van der Waals surface area contributed by atoms with Crippen LogP contribution in [0.25, 0.3) is 0 Å². The van der Waals surface area contributed by atoms with Gasteiger partial charge in [-0.25, -0.2) is 0 Å². The van der Waals surface area contributed by atoms with E-state index < -0.39 is 0 Å². The molecule has 1 aromatic rings. The summed E-state index contributed by atoms with van der Waals surface area (Å²) in [7, 11) is 0. The summed E-state index contributed by atoms with van der Waals surface area (Å²) < 4.78 is 5.71. The van der Waals surface area contributed by atoms with Crippen LogP contribution in [-0.4, -0.2) is 41.4 Å². The Hall–Kier alpha value is -0.580. The first kappa shape index (κ1) is 13.8. The zero-order valence-electron chi connectivity index (χ0n) is 10.1. The van der Waals surface area contributed by atoms with E-state index in [1.165, 1.54) is 0 Å². The van der Waals surface area contributed by atoms with Crippen molar-refractivity contribution in [2.45, 2.75) is 19.1 Å². The van der Waals surface area contributed by atoms with E-state index >= 15 is 0 Å². The van der Waals surface area contributed by atoms with Crippen LogP contribution in [0.1, 0.15) is 17.3 Å². The fourth-order valence-electron chi connectivity index (χ4n) is 2.07. The van der Waals surface area contributed by atoms with Crippen LogP contribution in [0, 0.1) is 0 Å². The van der Waals surface area contributed by atoms with Crippen LogP contribution in [-0.2, 0) is 4.74 Å². The molecule has 0 aliphatic carbocycles. The molecule has 1 amide bonds. The highest BCUT2D eigenvalue weighted by molar-refractivity contribution is 9.09. The van der Waals surface area contributed by atoms with E-state index in [1.807, 2.05) is 11.8 Å². The Morgan fingerprint density at radius 2 is 2.11 bits per heavy atom. The van der Waals surface area contributed by atoms with Crippen molar-refractivity contribution in [1.82, 2.24) is 4.90 Å². The average Bonchev–Trinajstić information content (AvgIpc) is 2.38. The first-order chi connectivity index (χ1) is 8.60. The van der Waals surface area contributed by atoms with Gasteiger partial charge in [0, 0.05) is 29.0 Å². The van der Waals surface area contributed by atoms with Gasteiger partial charge in [0.15, 0.2) is 0 Å². The molecule has 0 radical (unpaired) electrons. The van der Waals surface area contributed by atoms with Gasteiger partial charge in [0.05, 0.1) is 12.2 Å². The van der Waals surface area contributed by atoms with Crippen LogP contribution >= 0.6 is 27.5 Å². The highest BCUT2D eigenvalue weighted by atomic mass is 79.9. The maximum atomic E-state index is 12.3. The minimum absolute atomic E-state index is 0.0350. The molecule has 2 rings (SSSR count). The molecule has 1 aromatic carbocycles. The fraction of sp³-hybridized carbons (Fsp3) is 0.462. The number of hydrogen-bond donors (Lipinski definition) is 0. The molecule has 0 spiro atoms. The number of amides is 1. The molecule has 2 atom stereocenters. The minimum atomic E-state index is 0.0350. The topological polar surface area (TPSA) is 29.5 Å². The lowest BCUT2D eigenvalue weighted by molar-refractivity contribution is -0.0559. The third kappa shape index (κ3) is 3.25. The summed E-state index contributed by atoms with van der Waals surface area (Å²) in [5.41, 5.74) is 0.668. The molecule has 1 aliphatic rings. The predicted molar refractivity (Wildman–Crippen MR) is 75.5 cm³/mol. The molecular formula is C13H15BrClNO2. The number of alkyl halides is 1. The molecule has 0 saturated carbocycles. The van der Waals surface area contributed by atoms with Crippen molar-refractivity contribution in [2.24, 2.45) is 0 Å². The lowest BCUT2D eigenvalue weighted by Gasteiger charge is -2.36. The second-order valence-electron chi connectivity index (χ2n) is 4.44. The van der Waals surface area contributed by atoms with E-state index in [9.17, 15) is 4.79 Å². The molecule has 2 unspecified atom stereocenters. The van der Waals surface area contributed by atoms with Crippen molar-refractivity contribution in [3.63, 3.8) is 0 Å². The van der Waals surface area contributed by atoms with Crippen LogP contribution in [0.2, 0.25) is 5.02 Å². The van der Waals surface area contributed by atoms with E-state index in [0.29, 0.717) is 23.7 Å². The summed E-state index contributed by atoms with van der Waals surface area (Å²) in [6, 6.07) is 6.99. The van der Waals surface area contributed by atoms with Crippen molar-refractivity contribution in [1.29, 1.82) is 0 Å². The molecule has 1 fully saturated rings. The lowest BCUT2D eigenvalue weighted by atomic mass is 10.1. The Bertz CT molecular complexity index is 424. The predicted octanol–water partition coefficient (Wildman–Crippen LogP) is 2.96. The third-order valence-electron chi connectivity index (χ3n) is 2.88. The molecular weight excluding hydrogens is 318 g/mol. The van der Waals surface area contributed by atoms with Crippen LogP contribution < -0.4 is 0 Å². The second kappa shape index (κ2) is 6.04. The number of hydrogen-bond acceptors (Lipinski definition) is 2. The number of morpholine rings is 1. The number of ether oxygens (including phenoxy) is 1. The SMILES string of the molecule is CC1CN(C(=O)c2ccc(Cl)cc2)CC(CBr)O1. The molecule has 3 nitrogen and oxygen atoms in total. The summed E-state index contributed by atoms with van der Waals surface area (Å²) in [4.78, 5) is 14.2. The van der Waals surface area contributed by atoms with E-state index in [4.69, 9.17) is 16.3 Å². The van der Waals surface area contributed by atoms with Crippen LogP contribution in [0.4, 0.5) is 0 Å². The highest BCUT2D eigenvalue weighted by Gasteiger charge is 2.28. The van der Waals surface area contributed by atoms with Gasteiger partial charge in [-0.1, -0.05) is 27.5 Å². The first-order valence-corrected chi connectivity index (χ1v) is 7.36. The quantitative estimate of drug-likeness (QED) is 0.779. The highest BCUT2D eigenvalue weighted by Crippen LogP contribution is 2.17. The normalized spacial score (nSPS) is 24.1. The summed E-state index contributed by atoms with van der Waals surface area (Å²) in [6.45, 7) is 3.24. The number of nitrogens with zero attached hydrogens (tertiary/aromatic N) is 1. The molecule has 1 aliphatic heterocycles. The monoisotopic (exact) mass is 331 g/mol. The maximum Gasteiger partial charge on any atom is 0.254 e. The summed E-state index contributed by atoms with van der Waals surface area (Å²) in [5.74, 6) is 0.0350. The molecule has 0 bridgehead atoms. The molecule has 1 heterocycles. The molecule has 98 valence electrons. The van der Waals surface area contributed by atoms with Gasteiger partial charge in [-0.05, 0) is 31.2 Å². The largest absolute Gasteiger partial charge is 0.371 e. The van der Waals surface area contributed by atoms with Crippen molar-refractivity contribution < 1.29 is 9.53 Å². The average molecular weight is 333 g/mol. The minimum Gasteiger partial charge on any atom is -0.371 e. The van der Waals surface area contributed by atoms with E-state index in [0.717, 1.165) is 5.33 Å². The molecule has 18 heavy (non-hydrogen) atoms. The van der Waals surface area contributed by atoms with Gasteiger partial charge in [0.2, 0.25) is 0 Å². The van der Waals surface area contributed by atoms with Crippen molar-refractivity contribution >= 4 is 33.4 Å². The summed E-state index contributed by atoms with van der Waals surface area (Å²) in [6.07, 6.45) is 0.127. The number of carbonyl (C=O) groups is 1. The number of rotatable bonds is 2. The number of carbonyl (C=O) groups excluding carboxylic acids is 1. The molecule has 1 saturated heterocycles. The van der Waals surface area contributed by atoms with Gasteiger partial charge < -0.3 is 9.64 Å². The van der Waals surface area contributed by atoms with E-state index in [1.54, 1.807) is 24.3 Å². The zero-order chi connectivity index (χ0) is 13.1. The van der Waals surface area contributed by atoms with E-state index in [-0.39, 0.29) is 18.1 Å². The van der Waals surface area contributed by atoms with Crippen molar-refractivity contribution in [3.05, 3.63) is 34.9 Å². The fourth-order valence-corrected chi connectivity index (χ4v) is 2.55. The Morgan fingerprint density at radius 3 is 2.72 bits per heavy atom. The van der Waals surface area contributed by atoms with Crippen molar-refractivity contribution in [3.8, 4) is 0 Å². The van der Waals surface area contributed by atoms with Gasteiger partial charge in [-0.2, -0.15) is 0 Å². The second-order valence-corrected chi connectivity index (χ2v) is 5.52. The Labute approximate surface area is 120 Å². The molecule has 0 N–H and O–H groups in total. The number of halogens is 2. The summed E-state index contributed by atoms with van der Waals surface area (Å²) >= 11 is 9.22. The number of benzene rings is 1. The molecule has 5 heteroatoms.